The number of carbonyl (C=O) groups is 2. The fraction of sp³-hybridized carbons (Fsp3) is 0.529. The Morgan fingerprint density at radius 2 is 2.17 bits per heavy atom. The van der Waals surface area contributed by atoms with Crippen LogP contribution >= 0.6 is 11.8 Å². The molecule has 2 aliphatic heterocycles. The molecule has 0 aromatic heterocycles. The largest absolute Gasteiger partial charge is 0.497 e. The summed E-state index contributed by atoms with van der Waals surface area (Å²) in [5.74, 6) is 1.58. The van der Waals surface area contributed by atoms with E-state index in [4.69, 9.17) is 4.74 Å². The van der Waals surface area contributed by atoms with Crippen LogP contribution < -0.4 is 10.1 Å². The molecular weight excluding hydrogens is 312 g/mol. The third kappa shape index (κ3) is 3.17. The van der Waals surface area contributed by atoms with Crippen LogP contribution in [-0.4, -0.2) is 47.0 Å². The normalized spacial score (nSPS) is 26.3. The number of benzene rings is 1. The van der Waals surface area contributed by atoms with E-state index >= 15 is 0 Å². The zero-order chi connectivity index (χ0) is 16.4. The van der Waals surface area contributed by atoms with Gasteiger partial charge in [-0.05, 0) is 37.5 Å². The summed E-state index contributed by atoms with van der Waals surface area (Å²) in [7, 11) is 1.64. The van der Waals surface area contributed by atoms with Crippen LogP contribution in [0.3, 0.4) is 0 Å². The van der Waals surface area contributed by atoms with E-state index in [-0.39, 0.29) is 22.7 Å². The summed E-state index contributed by atoms with van der Waals surface area (Å²) in [6.07, 6.45) is 2.16. The number of nitrogens with one attached hydrogen (secondary N) is 1. The number of ether oxygens (including phenoxy) is 1. The fourth-order valence-electron chi connectivity index (χ4n) is 3.25. The maximum Gasteiger partial charge on any atom is 0.243 e. The highest BCUT2D eigenvalue weighted by Gasteiger charge is 2.52. The lowest BCUT2D eigenvalue weighted by atomic mass is 10.1. The second-order valence-electron chi connectivity index (χ2n) is 6.15. The number of thioether (sulfide) groups is 1. The van der Waals surface area contributed by atoms with Gasteiger partial charge in [0.05, 0.1) is 12.0 Å². The van der Waals surface area contributed by atoms with Crippen LogP contribution in [0.2, 0.25) is 0 Å². The first kappa shape index (κ1) is 16.2. The maximum absolute atomic E-state index is 12.4. The molecule has 0 spiro atoms. The van der Waals surface area contributed by atoms with Gasteiger partial charge in [-0.2, -0.15) is 0 Å². The molecule has 1 aromatic rings. The summed E-state index contributed by atoms with van der Waals surface area (Å²) in [5.41, 5.74) is 1.15. The summed E-state index contributed by atoms with van der Waals surface area (Å²) in [4.78, 5) is 26.1. The monoisotopic (exact) mass is 334 g/mol. The van der Waals surface area contributed by atoms with Crippen molar-refractivity contribution in [3.05, 3.63) is 29.8 Å². The molecule has 2 heterocycles. The minimum Gasteiger partial charge on any atom is -0.497 e. The molecule has 0 saturated carbocycles. The first-order valence-electron chi connectivity index (χ1n) is 7.90. The number of amides is 2. The Labute approximate surface area is 140 Å². The highest BCUT2D eigenvalue weighted by Crippen LogP contribution is 2.47. The zero-order valence-corrected chi connectivity index (χ0v) is 14.3. The summed E-state index contributed by atoms with van der Waals surface area (Å²) < 4.78 is 5.13. The molecule has 1 aromatic carbocycles. The van der Waals surface area contributed by atoms with Crippen molar-refractivity contribution in [2.75, 3.05) is 19.4 Å². The number of methoxy groups -OCH3 is 1. The minimum atomic E-state index is -0.323. The minimum absolute atomic E-state index is 0.0370. The van der Waals surface area contributed by atoms with E-state index in [9.17, 15) is 9.59 Å². The summed E-state index contributed by atoms with van der Waals surface area (Å²) in [6, 6.07) is 7.50. The van der Waals surface area contributed by atoms with E-state index in [1.807, 2.05) is 24.3 Å². The molecule has 2 aliphatic rings. The van der Waals surface area contributed by atoms with Crippen LogP contribution in [0.1, 0.15) is 25.3 Å². The van der Waals surface area contributed by atoms with Crippen molar-refractivity contribution >= 4 is 23.6 Å². The highest BCUT2D eigenvalue weighted by molar-refractivity contribution is 8.01. The van der Waals surface area contributed by atoms with Crippen molar-refractivity contribution in [2.24, 2.45) is 0 Å². The van der Waals surface area contributed by atoms with Gasteiger partial charge in [-0.15, -0.1) is 11.8 Å². The quantitative estimate of drug-likeness (QED) is 0.892. The molecule has 0 radical (unpaired) electrons. The first-order valence-corrected chi connectivity index (χ1v) is 8.89. The molecular formula is C17H22N2O3S. The van der Waals surface area contributed by atoms with Crippen molar-refractivity contribution in [1.82, 2.24) is 10.2 Å². The van der Waals surface area contributed by atoms with Crippen LogP contribution in [0.15, 0.2) is 24.3 Å². The molecule has 2 atom stereocenters. The van der Waals surface area contributed by atoms with E-state index in [0.717, 1.165) is 24.2 Å². The molecule has 0 aliphatic carbocycles. The second-order valence-corrected chi connectivity index (χ2v) is 7.66. The van der Waals surface area contributed by atoms with Crippen LogP contribution in [0.4, 0.5) is 0 Å². The third-order valence-electron chi connectivity index (χ3n) is 4.62. The molecule has 2 fully saturated rings. The molecule has 3 rings (SSSR count). The Bertz CT molecular complexity index is 604. The summed E-state index contributed by atoms with van der Waals surface area (Å²) >= 11 is 1.72. The number of carbonyl (C=O) groups excluding carboxylic acids is 2. The number of hydrogen-bond donors (Lipinski definition) is 1. The number of rotatable bonds is 5. The van der Waals surface area contributed by atoms with E-state index in [1.165, 1.54) is 0 Å². The van der Waals surface area contributed by atoms with E-state index in [2.05, 4.69) is 12.2 Å². The van der Waals surface area contributed by atoms with Crippen LogP contribution in [0, 0.1) is 0 Å². The topological polar surface area (TPSA) is 58.6 Å². The molecule has 2 amide bonds. The molecule has 124 valence electrons. The average molecular weight is 334 g/mol. The predicted molar refractivity (Wildman–Crippen MR) is 90.4 cm³/mol. The van der Waals surface area contributed by atoms with Crippen molar-refractivity contribution in [2.45, 2.75) is 37.1 Å². The van der Waals surface area contributed by atoms with Gasteiger partial charge in [-0.1, -0.05) is 12.1 Å². The van der Waals surface area contributed by atoms with Crippen molar-refractivity contribution in [1.29, 1.82) is 0 Å². The molecule has 23 heavy (non-hydrogen) atoms. The average Bonchev–Trinajstić information content (AvgIpc) is 3.04. The second kappa shape index (κ2) is 6.43. The lowest BCUT2D eigenvalue weighted by Crippen LogP contribution is -2.50. The number of hydrogen-bond acceptors (Lipinski definition) is 4. The van der Waals surface area contributed by atoms with Crippen LogP contribution in [-0.2, 0) is 16.0 Å². The van der Waals surface area contributed by atoms with Gasteiger partial charge < -0.3 is 15.0 Å². The third-order valence-corrected chi connectivity index (χ3v) is 6.12. The van der Waals surface area contributed by atoms with Gasteiger partial charge in [0.25, 0.3) is 0 Å². The molecule has 0 bridgehead atoms. The van der Waals surface area contributed by atoms with Gasteiger partial charge in [0.2, 0.25) is 11.8 Å². The van der Waals surface area contributed by atoms with Crippen molar-refractivity contribution in [3.63, 3.8) is 0 Å². The van der Waals surface area contributed by atoms with Crippen LogP contribution in [0.25, 0.3) is 0 Å². The van der Waals surface area contributed by atoms with Gasteiger partial charge >= 0.3 is 0 Å². The van der Waals surface area contributed by atoms with E-state index in [0.29, 0.717) is 18.7 Å². The smallest absolute Gasteiger partial charge is 0.243 e. The zero-order valence-electron chi connectivity index (χ0n) is 13.5. The van der Waals surface area contributed by atoms with Gasteiger partial charge in [0.15, 0.2) is 0 Å². The molecule has 1 N–H and O–H groups in total. The van der Waals surface area contributed by atoms with Crippen LogP contribution in [0.5, 0.6) is 5.75 Å². The first-order chi connectivity index (χ1) is 11.0. The Balaban J connectivity index is 1.52. The predicted octanol–water partition coefficient (Wildman–Crippen LogP) is 1.81. The van der Waals surface area contributed by atoms with Gasteiger partial charge in [0.1, 0.15) is 11.8 Å². The lowest BCUT2D eigenvalue weighted by molar-refractivity contribution is -0.137. The van der Waals surface area contributed by atoms with Gasteiger partial charge in [-0.25, -0.2) is 0 Å². The SMILES string of the molecule is COc1ccc(CCNC(=O)[C@H]2CS[C@]3(C)CCC(=O)N23)cc1. The van der Waals surface area contributed by atoms with Gasteiger partial charge in [0, 0.05) is 18.7 Å². The van der Waals surface area contributed by atoms with E-state index < -0.39 is 0 Å². The molecule has 6 heteroatoms. The maximum atomic E-state index is 12.4. The Morgan fingerprint density at radius 1 is 1.43 bits per heavy atom. The van der Waals surface area contributed by atoms with E-state index in [1.54, 1.807) is 23.8 Å². The number of nitrogens with zero attached hydrogens (tertiary/aromatic N) is 1. The summed E-state index contributed by atoms with van der Waals surface area (Å²) in [6.45, 7) is 2.64. The van der Waals surface area contributed by atoms with Crippen molar-refractivity contribution < 1.29 is 14.3 Å². The van der Waals surface area contributed by atoms with Crippen molar-refractivity contribution in [3.8, 4) is 5.75 Å². The standard InChI is InChI=1S/C17H22N2O3S/c1-17-9-7-15(20)19(17)14(11-23-17)16(21)18-10-8-12-3-5-13(22-2)6-4-12/h3-6,14H,7-11H2,1-2H3,(H,18,21)/t14-,17-/m1/s1. The highest BCUT2D eigenvalue weighted by atomic mass is 32.2. The Kier molecular flexibility index (Phi) is 4.53. The number of fused-ring (bicyclic) bond motifs is 1. The Hall–Kier alpha value is -1.69. The molecule has 5 nitrogen and oxygen atoms in total. The lowest BCUT2D eigenvalue weighted by Gasteiger charge is -2.29. The Morgan fingerprint density at radius 3 is 2.87 bits per heavy atom. The fourth-order valence-corrected chi connectivity index (χ4v) is 4.69. The summed E-state index contributed by atoms with van der Waals surface area (Å²) in [5, 5.41) is 2.97. The molecule has 2 saturated heterocycles. The van der Waals surface area contributed by atoms with Gasteiger partial charge in [-0.3, -0.25) is 9.59 Å². The molecule has 0 unspecified atom stereocenters.